The molecule has 0 aliphatic heterocycles. The van der Waals surface area contributed by atoms with Gasteiger partial charge in [0.1, 0.15) is 5.82 Å². The van der Waals surface area contributed by atoms with E-state index in [0.717, 1.165) is 0 Å². The van der Waals surface area contributed by atoms with Crippen LogP contribution in [0.4, 0.5) is 10.6 Å². The Bertz CT molecular complexity index is 192. The third-order valence-corrected chi connectivity index (χ3v) is 0.756. The van der Waals surface area contributed by atoms with Gasteiger partial charge >= 0.3 is 6.03 Å². The molecule has 0 aliphatic carbocycles. The lowest BCUT2D eigenvalue weighted by Gasteiger charge is -1.92. The Kier molecular flexibility index (Phi) is 1.35. The average Bonchev–Trinajstić information content (AvgIpc) is 2.15. The van der Waals surface area contributed by atoms with E-state index in [1.165, 1.54) is 12.5 Å². The van der Waals surface area contributed by atoms with E-state index in [1.807, 2.05) is 0 Å². The van der Waals surface area contributed by atoms with Crippen molar-refractivity contribution in [2.45, 2.75) is 0 Å². The number of hydrogen-bond donors (Lipinski definition) is 3. The second kappa shape index (κ2) is 2.17. The molecule has 0 atom stereocenters. The van der Waals surface area contributed by atoms with Gasteiger partial charge in [-0.15, -0.1) is 0 Å². The first-order valence-corrected chi connectivity index (χ1v) is 2.34. The molecule has 0 fully saturated rings. The van der Waals surface area contributed by atoms with E-state index in [0.29, 0.717) is 5.82 Å². The molecule has 0 saturated heterocycles. The number of urea groups is 1. The Hall–Kier alpha value is -1.52. The molecule has 0 aliphatic rings. The number of hydrogen-bond acceptors (Lipinski definition) is 2. The molecular formula is C4H6N4O. The van der Waals surface area contributed by atoms with Crippen molar-refractivity contribution in [3.05, 3.63) is 12.5 Å². The summed E-state index contributed by atoms with van der Waals surface area (Å²) < 4.78 is 0. The quantitative estimate of drug-likeness (QED) is 0.491. The zero-order valence-electron chi connectivity index (χ0n) is 4.59. The molecule has 0 saturated carbocycles. The number of nitrogens with two attached hydrogens (primary N) is 1. The van der Waals surface area contributed by atoms with Crippen LogP contribution in [-0.4, -0.2) is 16.0 Å². The molecule has 0 bridgehead atoms. The summed E-state index contributed by atoms with van der Waals surface area (Å²) in [5.74, 6) is 0.502. The third kappa shape index (κ3) is 1.45. The maximum absolute atomic E-state index is 10.1. The van der Waals surface area contributed by atoms with Crippen LogP contribution in [0.5, 0.6) is 0 Å². The number of aromatic nitrogens is 2. The predicted molar refractivity (Wildman–Crippen MR) is 31.8 cm³/mol. The smallest absolute Gasteiger partial charge is 0.317 e. The lowest BCUT2D eigenvalue weighted by molar-refractivity contribution is 0.259. The fourth-order valence-electron chi connectivity index (χ4n) is 0.457. The van der Waals surface area contributed by atoms with Gasteiger partial charge in [0.25, 0.3) is 0 Å². The molecule has 9 heavy (non-hydrogen) atoms. The van der Waals surface area contributed by atoms with Gasteiger partial charge in [-0.2, -0.15) is 0 Å². The number of carbonyl (C=O) groups excluding carboxylic acids is 1. The highest BCUT2D eigenvalue weighted by molar-refractivity contribution is 5.86. The van der Waals surface area contributed by atoms with Gasteiger partial charge in [0, 0.05) is 0 Å². The van der Waals surface area contributed by atoms with Crippen LogP contribution in [0, 0.1) is 0 Å². The van der Waals surface area contributed by atoms with Crippen molar-refractivity contribution in [2.24, 2.45) is 5.73 Å². The SMILES string of the molecule is NC(=O)Nc1cnc[nH]1. The third-order valence-electron chi connectivity index (χ3n) is 0.756. The summed E-state index contributed by atoms with van der Waals surface area (Å²) in [5.41, 5.74) is 4.79. The Morgan fingerprint density at radius 2 is 2.67 bits per heavy atom. The van der Waals surface area contributed by atoms with Gasteiger partial charge in [-0.25, -0.2) is 9.78 Å². The van der Waals surface area contributed by atoms with Crippen LogP contribution >= 0.6 is 0 Å². The fraction of sp³-hybridized carbons (Fsp3) is 0. The summed E-state index contributed by atoms with van der Waals surface area (Å²) in [6, 6.07) is -0.598. The largest absolute Gasteiger partial charge is 0.351 e. The van der Waals surface area contributed by atoms with Gasteiger partial charge in [0.15, 0.2) is 0 Å². The first-order chi connectivity index (χ1) is 4.29. The molecule has 1 heterocycles. The number of carbonyl (C=O) groups is 1. The first kappa shape index (κ1) is 5.61. The number of nitrogens with zero attached hydrogens (tertiary/aromatic N) is 1. The van der Waals surface area contributed by atoms with Gasteiger partial charge in [0.2, 0.25) is 0 Å². The summed E-state index contributed by atoms with van der Waals surface area (Å²) in [7, 11) is 0. The second-order valence-electron chi connectivity index (χ2n) is 1.45. The topological polar surface area (TPSA) is 83.8 Å². The Morgan fingerprint density at radius 1 is 1.89 bits per heavy atom. The number of primary amides is 1. The van der Waals surface area contributed by atoms with Gasteiger partial charge in [-0.1, -0.05) is 0 Å². The first-order valence-electron chi connectivity index (χ1n) is 2.34. The molecule has 0 radical (unpaired) electrons. The normalized spacial score (nSPS) is 8.89. The minimum Gasteiger partial charge on any atom is -0.351 e. The van der Waals surface area contributed by atoms with Gasteiger partial charge < -0.3 is 10.7 Å². The monoisotopic (exact) mass is 126 g/mol. The van der Waals surface area contributed by atoms with Crippen LogP contribution < -0.4 is 11.1 Å². The molecule has 0 unspecified atom stereocenters. The molecular weight excluding hydrogens is 120 g/mol. The van der Waals surface area contributed by atoms with Crippen LogP contribution in [0.15, 0.2) is 12.5 Å². The highest BCUT2D eigenvalue weighted by Gasteiger charge is 1.92. The molecule has 1 aromatic rings. The van der Waals surface area contributed by atoms with Crippen molar-refractivity contribution >= 4 is 11.8 Å². The Balaban J connectivity index is 2.58. The standard InChI is InChI=1S/C4H6N4O/c5-4(9)8-3-1-6-2-7-3/h1-2H,(H,6,7)(H3,5,8,9). The Labute approximate surface area is 51.3 Å². The summed E-state index contributed by atoms with van der Waals surface area (Å²) in [4.78, 5) is 16.4. The molecule has 1 aromatic heterocycles. The number of rotatable bonds is 1. The van der Waals surface area contributed by atoms with E-state index in [-0.39, 0.29) is 0 Å². The van der Waals surface area contributed by atoms with E-state index >= 15 is 0 Å². The molecule has 0 aromatic carbocycles. The van der Waals surface area contributed by atoms with Crippen molar-refractivity contribution in [3.63, 3.8) is 0 Å². The minimum absolute atomic E-state index is 0.502. The number of H-pyrrole nitrogens is 1. The van der Waals surface area contributed by atoms with Crippen LogP contribution in [0.3, 0.4) is 0 Å². The molecule has 2 amide bonds. The summed E-state index contributed by atoms with van der Waals surface area (Å²) in [6.07, 6.45) is 2.91. The maximum Gasteiger partial charge on any atom is 0.317 e. The minimum atomic E-state index is -0.598. The summed E-state index contributed by atoms with van der Waals surface area (Å²) in [6.45, 7) is 0. The number of anilines is 1. The zero-order chi connectivity index (χ0) is 6.69. The second-order valence-corrected chi connectivity index (χ2v) is 1.45. The maximum atomic E-state index is 10.1. The lowest BCUT2D eigenvalue weighted by Crippen LogP contribution is -2.19. The van der Waals surface area contributed by atoms with E-state index in [4.69, 9.17) is 5.73 Å². The fourth-order valence-corrected chi connectivity index (χ4v) is 0.457. The van der Waals surface area contributed by atoms with Crippen molar-refractivity contribution in [3.8, 4) is 0 Å². The van der Waals surface area contributed by atoms with E-state index in [1.54, 1.807) is 0 Å². The summed E-state index contributed by atoms with van der Waals surface area (Å²) in [5, 5.41) is 2.31. The molecule has 5 heteroatoms. The van der Waals surface area contributed by atoms with Crippen LogP contribution in [0.1, 0.15) is 0 Å². The summed E-state index contributed by atoms with van der Waals surface area (Å²) >= 11 is 0. The molecule has 0 spiro atoms. The van der Waals surface area contributed by atoms with Crippen LogP contribution in [0.25, 0.3) is 0 Å². The van der Waals surface area contributed by atoms with Gasteiger partial charge in [-0.05, 0) is 0 Å². The van der Waals surface area contributed by atoms with Crippen LogP contribution in [-0.2, 0) is 0 Å². The number of imidazole rings is 1. The molecule has 5 nitrogen and oxygen atoms in total. The highest BCUT2D eigenvalue weighted by atomic mass is 16.2. The van der Waals surface area contributed by atoms with Gasteiger partial charge in [0.05, 0.1) is 12.5 Å². The number of amides is 2. The molecule has 1 rings (SSSR count). The van der Waals surface area contributed by atoms with E-state index < -0.39 is 6.03 Å². The van der Waals surface area contributed by atoms with E-state index in [9.17, 15) is 4.79 Å². The number of aromatic amines is 1. The average molecular weight is 126 g/mol. The predicted octanol–water partition coefficient (Wildman–Crippen LogP) is -0.0997. The van der Waals surface area contributed by atoms with Crippen LogP contribution in [0.2, 0.25) is 0 Å². The Morgan fingerprint density at radius 3 is 3.11 bits per heavy atom. The highest BCUT2D eigenvalue weighted by Crippen LogP contribution is 1.94. The van der Waals surface area contributed by atoms with Crippen molar-refractivity contribution < 1.29 is 4.79 Å². The zero-order valence-corrected chi connectivity index (χ0v) is 4.59. The van der Waals surface area contributed by atoms with Gasteiger partial charge in [-0.3, -0.25) is 5.32 Å². The van der Waals surface area contributed by atoms with Crippen molar-refractivity contribution in [1.29, 1.82) is 0 Å². The molecule has 4 N–H and O–H groups in total. The van der Waals surface area contributed by atoms with Crippen molar-refractivity contribution in [2.75, 3.05) is 5.32 Å². The number of nitrogens with one attached hydrogen (secondary N) is 2. The van der Waals surface area contributed by atoms with Crippen molar-refractivity contribution in [1.82, 2.24) is 9.97 Å². The van der Waals surface area contributed by atoms with E-state index in [2.05, 4.69) is 15.3 Å². The molecule has 48 valence electrons. The lowest BCUT2D eigenvalue weighted by atomic mass is 10.7.